The van der Waals surface area contributed by atoms with Crippen LogP contribution < -0.4 is 29.6 Å². The molecule has 0 aromatic heterocycles. The Labute approximate surface area is 229 Å². The summed E-state index contributed by atoms with van der Waals surface area (Å²) < 4.78 is 0. The van der Waals surface area contributed by atoms with Gasteiger partial charge in [-0.3, -0.25) is 0 Å². The minimum Gasteiger partial charge on any atom is -0.393 e. The molecule has 2 heterocycles. The zero-order chi connectivity index (χ0) is 17.2. The van der Waals surface area contributed by atoms with E-state index in [9.17, 15) is 0 Å². The quantitative estimate of drug-likeness (QED) is 0.278. The molecule has 2 fully saturated rings. The van der Waals surface area contributed by atoms with Crippen LogP contribution >= 0.6 is 124 Å². The molecule has 148 valence electrons. The standard InChI is InChI=1S/C6H12N2S.C6H10N2.I3.I2.HI.H2S/c7-6(9)5-1-3-8-4-2-5;7-5-6-1-3-8-4-2-6;1-3-2;1-2;;/h5,8H,1-4H2,(H2,7,9);6,8H,1-4H2;;;1H;1H2/q;;-1;;;. The van der Waals surface area contributed by atoms with E-state index in [4.69, 9.17) is 23.2 Å². The first-order valence-corrected chi connectivity index (χ1v) is 26.0. The van der Waals surface area contributed by atoms with Gasteiger partial charge in [0.25, 0.3) is 0 Å². The average molecular weight is 1050 g/mol. The molecule has 0 atom stereocenters. The van der Waals surface area contributed by atoms with Crippen molar-refractivity contribution in [1.82, 2.24) is 10.6 Å². The van der Waals surface area contributed by atoms with Gasteiger partial charge in [0.05, 0.1) is 11.1 Å². The summed E-state index contributed by atoms with van der Waals surface area (Å²) in [6, 6.07) is 2.26. The SMILES string of the molecule is I.II.I[I-]I.N#CC1CCNCC1.NC(=S)C1CCNCC1.S. The Morgan fingerprint density at radius 2 is 1.38 bits per heavy atom. The largest absolute Gasteiger partial charge is 0.393 e. The van der Waals surface area contributed by atoms with Gasteiger partial charge in [0.1, 0.15) is 0 Å². The van der Waals surface area contributed by atoms with Crippen LogP contribution in [0.3, 0.4) is 0 Å². The third-order valence-corrected chi connectivity index (χ3v) is 3.60. The molecule has 0 saturated carbocycles. The monoisotopic (exact) mass is 1050 g/mol. The molecule has 2 saturated heterocycles. The molecular formula is C12H25I6N4S2-. The summed E-state index contributed by atoms with van der Waals surface area (Å²) in [7, 11) is 0. The van der Waals surface area contributed by atoms with Crippen molar-refractivity contribution in [2.24, 2.45) is 17.6 Å². The number of nitriles is 1. The van der Waals surface area contributed by atoms with Gasteiger partial charge < -0.3 is 16.4 Å². The number of rotatable bonds is 1. The predicted octanol–water partition coefficient (Wildman–Crippen LogP) is 2.06. The van der Waals surface area contributed by atoms with Crippen LogP contribution in [0.1, 0.15) is 25.7 Å². The number of thiocarbonyl (C=S) groups is 1. The number of nitrogens with one attached hydrogen (secondary N) is 2. The molecule has 0 unspecified atom stereocenters. The minimum absolute atomic E-state index is 0. The molecule has 0 radical (unpaired) electrons. The van der Waals surface area contributed by atoms with Gasteiger partial charge in [-0.15, -0.1) is 24.0 Å². The van der Waals surface area contributed by atoms with Crippen molar-refractivity contribution in [3.63, 3.8) is 0 Å². The van der Waals surface area contributed by atoms with E-state index in [1.165, 1.54) is 0 Å². The maximum absolute atomic E-state index is 8.41. The molecule has 0 bridgehead atoms. The average Bonchev–Trinajstić information content (AvgIpc) is 2.59. The fraction of sp³-hybridized carbons (Fsp3) is 0.833. The van der Waals surface area contributed by atoms with Crippen LogP contribution in [0.5, 0.6) is 0 Å². The molecule has 24 heavy (non-hydrogen) atoms. The van der Waals surface area contributed by atoms with Gasteiger partial charge >= 0.3 is 50.5 Å². The summed E-state index contributed by atoms with van der Waals surface area (Å²) in [4.78, 5) is 0.691. The maximum atomic E-state index is 8.41. The van der Waals surface area contributed by atoms with E-state index < -0.39 is 0 Å². The molecule has 12 heteroatoms. The van der Waals surface area contributed by atoms with Crippen LogP contribution in [0, 0.1) is 23.2 Å². The number of hydrogen-bond acceptors (Lipinski definition) is 4. The second-order valence-electron chi connectivity index (χ2n) is 4.63. The molecule has 2 aliphatic rings. The van der Waals surface area contributed by atoms with Gasteiger partial charge in [0.2, 0.25) is 0 Å². The number of halogens is 6. The van der Waals surface area contributed by atoms with Crippen molar-refractivity contribution >= 4 is 129 Å². The Morgan fingerprint density at radius 3 is 1.58 bits per heavy atom. The number of nitrogens with two attached hydrogens (primary N) is 1. The Balaban J connectivity index is -0.000000124. The molecule has 0 aromatic rings. The van der Waals surface area contributed by atoms with Crippen molar-refractivity contribution in [1.29, 1.82) is 5.26 Å². The number of hydrogen-bond donors (Lipinski definition) is 3. The number of piperidine rings is 2. The van der Waals surface area contributed by atoms with Crippen molar-refractivity contribution in [3.05, 3.63) is 0 Å². The topological polar surface area (TPSA) is 73.9 Å². The fourth-order valence-corrected chi connectivity index (χ4v) is 2.29. The number of nitrogens with zero attached hydrogens (tertiary/aromatic N) is 1. The van der Waals surface area contributed by atoms with Gasteiger partial charge in [-0.2, -0.15) is 18.8 Å². The first-order chi connectivity index (χ1) is 10.7. The molecule has 0 aromatic carbocycles. The summed E-state index contributed by atoms with van der Waals surface area (Å²) in [6.07, 6.45) is 4.32. The minimum atomic E-state index is 0. The van der Waals surface area contributed by atoms with E-state index in [1.54, 1.807) is 0 Å². The van der Waals surface area contributed by atoms with Crippen molar-refractivity contribution < 1.29 is 13.3 Å². The van der Waals surface area contributed by atoms with Crippen LogP contribution in [0.15, 0.2) is 0 Å². The Hall–Kier alpha value is 4.03. The smallest absolute Gasteiger partial charge is 0.0759 e. The molecule has 0 aliphatic carbocycles. The maximum Gasteiger partial charge on any atom is 0.0759 e. The first kappa shape index (κ1) is 35.5. The van der Waals surface area contributed by atoms with Crippen LogP contribution in [0.4, 0.5) is 0 Å². The zero-order valence-corrected chi connectivity index (χ0v) is 28.0. The first-order valence-electron chi connectivity index (χ1n) is 6.77. The molecule has 4 N–H and O–H groups in total. The molecule has 0 spiro atoms. The Morgan fingerprint density at radius 1 is 1.04 bits per heavy atom. The molecule has 2 rings (SSSR count). The second-order valence-corrected chi connectivity index (χ2v) is 21.4. The van der Waals surface area contributed by atoms with Crippen LogP contribution in [-0.4, -0.2) is 31.2 Å². The summed E-state index contributed by atoms with van der Waals surface area (Å²) in [5, 5.41) is 14.9. The predicted molar refractivity (Wildman–Crippen MR) is 155 cm³/mol. The van der Waals surface area contributed by atoms with Gasteiger partial charge in [-0.1, -0.05) is 12.2 Å². The van der Waals surface area contributed by atoms with Gasteiger partial charge in [-0.25, -0.2) is 0 Å². The summed E-state index contributed by atoms with van der Waals surface area (Å²) in [5.74, 6) is 0.831. The van der Waals surface area contributed by atoms with Crippen molar-refractivity contribution in [2.45, 2.75) is 25.7 Å². The van der Waals surface area contributed by atoms with Crippen LogP contribution in [0.25, 0.3) is 0 Å². The van der Waals surface area contributed by atoms with Crippen LogP contribution in [-0.2, 0) is 0 Å². The van der Waals surface area contributed by atoms with Crippen molar-refractivity contribution in [3.8, 4) is 6.07 Å². The normalized spacial score (nSPS) is 16.8. The summed E-state index contributed by atoms with van der Waals surface area (Å²) in [6.45, 7) is 4.19. The van der Waals surface area contributed by atoms with Gasteiger partial charge in [0.15, 0.2) is 0 Å². The Kier molecular flexibility index (Phi) is 43.2. The van der Waals surface area contributed by atoms with Gasteiger partial charge in [-0.05, 0) is 51.9 Å². The third-order valence-electron chi connectivity index (χ3n) is 3.26. The summed E-state index contributed by atoms with van der Waals surface area (Å²) in [5.41, 5.74) is 5.47. The van der Waals surface area contributed by atoms with Crippen molar-refractivity contribution in [2.75, 3.05) is 26.2 Å². The molecule has 2 aliphatic heterocycles. The second kappa shape index (κ2) is 29.2. The molecule has 4 nitrogen and oxygen atoms in total. The summed E-state index contributed by atoms with van der Waals surface area (Å²) >= 11 is 14.4. The molecule has 0 amide bonds. The van der Waals surface area contributed by atoms with Gasteiger partial charge in [0, 0.05) is 49.1 Å². The van der Waals surface area contributed by atoms with E-state index in [0.717, 1.165) is 51.9 Å². The van der Waals surface area contributed by atoms with E-state index in [0.29, 0.717) is 30.1 Å². The zero-order valence-electron chi connectivity index (χ0n) is 13.0. The molecular weight excluding hydrogens is 1030 g/mol. The van der Waals surface area contributed by atoms with E-state index >= 15 is 0 Å². The van der Waals surface area contributed by atoms with E-state index in [2.05, 4.69) is 91.2 Å². The van der Waals surface area contributed by atoms with E-state index in [1.807, 2.05) is 0 Å². The Bertz CT molecular complexity index is 298. The van der Waals surface area contributed by atoms with Crippen LogP contribution in [0.2, 0.25) is 0 Å². The third kappa shape index (κ3) is 24.1. The van der Waals surface area contributed by atoms with E-state index in [-0.39, 0.29) is 37.5 Å². The fourth-order valence-electron chi connectivity index (χ4n) is 2.06.